The van der Waals surface area contributed by atoms with Crippen LogP contribution in [-0.4, -0.2) is 16.1 Å². The predicted molar refractivity (Wildman–Crippen MR) is 55.5 cm³/mol. The Bertz CT molecular complexity index is 432. The molecule has 0 aliphatic heterocycles. The highest BCUT2D eigenvalue weighted by molar-refractivity contribution is 5.60. The highest BCUT2D eigenvalue weighted by Gasteiger charge is 2.07. The fourth-order valence-corrected chi connectivity index (χ4v) is 1.06. The van der Waals surface area contributed by atoms with E-state index in [1.54, 1.807) is 0 Å². The van der Waals surface area contributed by atoms with Crippen molar-refractivity contribution in [1.29, 1.82) is 0 Å². The summed E-state index contributed by atoms with van der Waals surface area (Å²) in [5, 5.41) is 2.87. The summed E-state index contributed by atoms with van der Waals surface area (Å²) in [6.45, 7) is 2.62. The number of rotatable bonds is 3. The molecule has 4 N–H and O–H groups in total. The van der Waals surface area contributed by atoms with Crippen molar-refractivity contribution in [2.45, 2.75) is 13.3 Å². The predicted octanol–water partition coefficient (Wildman–Crippen LogP) is -0.522. The fourth-order valence-electron chi connectivity index (χ4n) is 1.06. The van der Waals surface area contributed by atoms with Crippen LogP contribution >= 0.6 is 0 Å². The summed E-state index contributed by atoms with van der Waals surface area (Å²) in [7, 11) is 1.50. The first-order valence-electron chi connectivity index (χ1n) is 4.40. The first kappa shape index (κ1) is 10.4. The number of hydrogen-bond acceptors (Lipinski definition) is 4. The van der Waals surface area contributed by atoms with Crippen LogP contribution in [0.25, 0.3) is 0 Å². The van der Waals surface area contributed by atoms with Crippen LogP contribution in [0.2, 0.25) is 0 Å². The Morgan fingerprint density at radius 1 is 1.50 bits per heavy atom. The third-order valence-corrected chi connectivity index (χ3v) is 1.92. The highest BCUT2D eigenvalue weighted by Crippen LogP contribution is 2.07. The van der Waals surface area contributed by atoms with Gasteiger partial charge in [0.05, 0.1) is 0 Å². The number of nitrogens with zero attached hydrogens (tertiary/aromatic N) is 1. The summed E-state index contributed by atoms with van der Waals surface area (Å²) < 4.78 is 1.19. The molecule has 6 heteroatoms. The molecular weight excluding hydrogens is 184 g/mol. The molecule has 0 atom stereocenters. The molecule has 0 unspecified atom stereocenters. The molecule has 0 aromatic carbocycles. The minimum atomic E-state index is -0.505. The third kappa shape index (κ3) is 1.78. The van der Waals surface area contributed by atoms with Crippen molar-refractivity contribution in [1.82, 2.24) is 9.55 Å². The van der Waals surface area contributed by atoms with Gasteiger partial charge in [0.1, 0.15) is 11.5 Å². The topological polar surface area (TPSA) is 92.9 Å². The number of aromatic amines is 1. The normalized spacial score (nSPS) is 10.1. The smallest absolute Gasteiger partial charge is 0.329 e. The van der Waals surface area contributed by atoms with Gasteiger partial charge in [0.2, 0.25) is 0 Å². The number of anilines is 2. The number of nitrogens with one attached hydrogen (secondary N) is 2. The van der Waals surface area contributed by atoms with Gasteiger partial charge in [0.15, 0.2) is 0 Å². The van der Waals surface area contributed by atoms with E-state index in [0.29, 0.717) is 6.54 Å². The third-order valence-electron chi connectivity index (χ3n) is 1.92. The summed E-state index contributed by atoms with van der Waals surface area (Å²) in [5.74, 6) is 0.159. The van der Waals surface area contributed by atoms with E-state index in [-0.39, 0.29) is 11.5 Å². The summed E-state index contributed by atoms with van der Waals surface area (Å²) in [6.07, 6.45) is 0.877. The number of nitrogen functional groups attached to an aromatic ring is 1. The standard InChI is InChI=1S/C8H14N4O2/c1-3-4-10-5-6(9)12(2)8(14)11-7(5)13/h10H,3-4,9H2,1-2H3,(H,11,13,14). The van der Waals surface area contributed by atoms with Crippen LogP contribution < -0.4 is 22.3 Å². The molecule has 0 saturated heterocycles. The maximum Gasteiger partial charge on any atom is 0.329 e. The molecule has 0 amide bonds. The molecular formula is C8H14N4O2. The quantitative estimate of drug-likeness (QED) is 0.609. The molecule has 0 bridgehead atoms. The minimum absolute atomic E-state index is 0.159. The summed E-state index contributed by atoms with van der Waals surface area (Å²) in [5.41, 5.74) is 4.89. The van der Waals surface area contributed by atoms with Gasteiger partial charge in [-0.1, -0.05) is 6.92 Å². The van der Waals surface area contributed by atoms with E-state index in [4.69, 9.17) is 5.73 Å². The maximum atomic E-state index is 11.3. The monoisotopic (exact) mass is 198 g/mol. The molecule has 0 fully saturated rings. The molecule has 0 saturated carbocycles. The van der Waals surface area contributed by atoms with Crippen LogP contribution in [-0.2, 0) is 7.05 Å². The van der Waals surface area contributed by atoms with Crippen molar-refractivity contribution in [2.24, 2.45) is 7.05 Å². The average Bonchev–Trinajstić information content (AvgIpc) is 2.14. The number of hydrogen-bond donors (Lipinski definition) is 3. The highest BCUT2D eigenvalue weighted by atomic mass is 16.2. The van der Waals surface area contributed by atoms with Crippen LogP contribution in [0, 0.1) is 0 Å². The van der Waals surface area contributed by atoms with E-state index in [2.05, 4.69) is 10.3 Å². The summed E-state index contributed by atoms with van der Waals surface area (Å²) >= 11 is 0. The zero-order chi connectivity index (χ0) is 10.7. The molecule has 0 spiro atoms. The lowest BCUT2D eigenvalue weighted by Crippen LogP contribution is -2.32. The van der Waals surface area contributed by atoms with Gasteiger partial charge in [-0.15, -0.1) is 0 Å². The Morgan fingerprint density at radius 2 is 2.14 bits per heavy atom. The van der Waals surface area contributed by atoms with Gasteiger partial charge in [-0.05, 0) is 6.42 Å². The van der Waals surface area contributed by atoms with Gasteiger partial charge in [-0.2, -0.15) is 0 Å². The van der Waals surface area contributed by atoms with Crippen molar-refractivity contribution in [3.05, 3.63) is 20.8 Å². The largest absolute Gasteiger partial charge is 0.383 e. The molecule has 6 nitrogen and oxygen atoms in total. The van der Waals surface area contributed by atoms with Crippen molar-refractivity contribution >= 4 is 11.5 Å². The fraction of sp³-hybridized carbons (Fsp3) is 0.500. The summed E-state index contributed by atoms with van der Waals surface area (Å²) in [6, 6.07) is 0. The number of aromatic nitrogens is 2. The van der Waals surface area contributed by atoms with Crippen molar-refractivity contribution in [3.63, 3.8) is 0 Å². The summed E-state index contributed by atoms with van der Waals surface area (Å²) in [4.78, 5) is 24.6. The molecule has 0 aliphatic carbocycles. The van der Waals surface area contributed by atoms with Gasteiger partial charge >= 0.3 is 5.69 Å². The zero-order valence-corrected chi connectivity index (χ0v) is 8.26. The first-order valence-corrected chi connectivity index (χ1v) is 4.40. The van der Waals surface area contributed by atoms with Crippen molar-refractivity contribution < 1.29 is 0 Å². The van der Waals surface area contributed by atoms with Gasteiger partial charge in [0, 0.05) is 13.6 Å². The zero-order valence-electron chi connectivity index (χ0n) is 8.26. The first-order chi connectivity index (χ1) is 6.57. The van der Waals surface area contributed by atoms with Crippen LogP contribution in [0.15, 0.2) is 9.59 Å². The Morgan fingerprint density at radius 3 is 2.71 bits per heavy atom. The number of nitrogens with two attached hydrogens (primary N) is 1. The second-order valence-electron chi connectivity index (χ2n) is 3.01. The Labute approximate surface area is 80.8 Å². The van der Waals surface area contributed by atoms with Gasteiger partial charge in [0.25, 0.3) is 5.56 Å². The molecule has 1 rings (SSSR count). The number of H-pyrrole nitrogens is 1. The molecule has 78 valence electrons. The van der Waals surface area contributed by atoms with Crippen LogP contribution in [0.4, 0.5) is 11.5 Å². The van der Waals surface area contributed by atoms with E-state index in [0.717, 1.165) is 6.42 Å². The Kier molecular flexibility index (Phi) is 2.95. The molecule has 1 heterocycles. The molecule has 0 radical (unpaired) electrons. The molecule has 1 aromatic heterocycles. The van der Waals surface area contributed by atoms with E-state index in [1.165, 1.54) is 11.6 Å². The molecule has 14 heavy (non-hydrogen) atoms. The second-order valence-corrected chi connectivity index (χ2v) is 3.01. The lowest BCUT2D eigenvalue weighted by molar-refractivity contribution is 0.811. The average molecular weight is 198 g/mol. The van der Waals surface area contributed by atoms with Gasteiger partial charge in [-0.25, -0.2) is 4.79 Å². The van der Waals surface area contributed by atoms with E-state index < -0.39 is 11.2 Å². The van der Waals surface area contributed by atoms with Crippen LogP contribution in [0.5, 0.6) is 0 Å². The SMILES string of the molecule is CCCNc1c(N)n(C)c(=O)[nH]c1=O. The lowest BCUT2D eigenvalue weighted by Gasteiger charge is -2.09. The van der Waals surface area contributed by atoms with Gasteiger partial charge < -0.3 is 11.1 Å². The van der Waals surface area contributed by atoms with Crippen LogP contribution in [0.3, 0.4) is 0 Å². The maximum absolute atomic E-state index is 11.3. The van der Waals surface area contributed by atoms with Gasteiger partial charge in [-0.3, -0.25) is 14.3 Å². The van der Waals surface area contributed by atoms with Crippen molar-refractivity contribution in [2.75, 3.05) is 17.6 Å². The molecule has 1 aromatic rings. The van der Waals surface area contributed by atoms with Crippen molar-refractivity contribution in [3.8, 4) is 0 Å². The minimum Gasteiger partial charge on any atom is -0.383 e. The van der Waals surface area contributed by atoms with E-state index in [9.17, 15) is 9.59 Å². The lowest BCUT2D eigenvalue weighted by atomic mass is 10.4. The Hall–Kier alpha value is -1.72. The van der Waals surface area contributed by atoms with Crippen LogP contribution in [0.1, 0.15) is 13.3 Å². The van der Waals surface area contributed by atoms with E-state index in [1.807, 2.05) is 6.92 Å². The van der Waals surface area contributed by atoms with E-state index >= 15 is 0 Å². The second kappa shape index (κ2) is 3.99. The molecule has 0 aliphatic rings. The Balaban J connectivity index is 3.23.